The predicted molar refractivity (Wildman–Crippen MR) is 73.8 cm³/mol. The van der Waals surface area contributed by atoms with Crippen molar-refractivity contribution in [2.45, 2.75) is 12.5 Å². The van der Waals surface area contributed by atoms with E-state index in [1.165, 1.54) is 0 Å². The van der Waals surface area contributed by atoms with Gasteiger partial charge in [0.25, 0.3) is 0 Å². The molecule has 2 aromatic carbocycles. The minimum absolute atomic E-state index is 0.804. The first-order chi connectivity index (χ1) is 8.58. The van der Waals surface area contributed by atoms with Gasteiger partial charge in [-0.25, -0.2) is 0 Å². The molecule has 2 heteroatoms. The molecule has 0 aliphatic heterocycles. The van der Waals surface area contributed by atoms with Gasteiger partial charge in [0.2, 0.25) is 0 Å². The molecule has 0 saturated heterocycles. The van der Waals surface area contributed by atoms with Crippen molar-refractivity contribution in [3.63, 3.8) is 0 Å². The van der Waals surface area contributed by atoms with Crippen molar-refractivity contribution in [2.75, 3.05) is 7.11 Å². The minimum atomic E-state index is -1.07. The second kappa shape index (κ2) is 4.69. The first-order valence-electron chi connectivity index (χ1n) is 5.75. The van der Waals surface area contributed by atoms with E-state index in [2.05, 4.69) is 12.3 Å². The highest BCUT2D eigenvalue weighted by Crippen LogP contribution is 2.31. The van der Waals surface area contributed by atoms with Gasteiger partial charge in [0.15, 0.2) is 0 Å². The number of rotatable bonds is 3. The molecule has 92 valence electrons. The van der Waals surface area contributed by atoms with Crippen molar-refractivity contribution >= 4 is 10.8 Å². The summed E-state index contributed by atoms with van der Waals surface area (Å²) in [5, 5.41) is 12.4. The van der Waals surface area contributed by atoms with Crippen LogP contribution in [-0.4, -0.2) is 12.2 Å². The maximum Gasteiger partial charge on any atom is 0.119 e. The highest BCUT2D eigenvalue weighted by atomic mass is 16.5. The molecule has 0 aromatic heterocycles. The van der Waals surface area contributed by atoms with E-state index in [0.717, 1.165) is 22.1 Å². The van der Waals surface area contributed by atoms with E-state index in [0.29, 0.717) is 0 Å². The number of aliphatic hydroxyl groups is 1. The Morgan fingerprint density at radius 3 is 2.78 bits per heavy atom. The van der Waals surface area contributed by atoms with Gasteiger partial charge < -0.3 is 9.84 Å². The molecule has 0 spiro atoms. The van der Waals surface area contributed by atoms with Crippen molar-refractivity contribution in [1.82, 2.24) is 0 Å². The van der Waals surface area contributed by atoms with Crippen LogP contribution >= 0.6 is 0 Å². The van der Waals surface area contributed by atoms with Crippen LogP contribution in [0.2, 0.25) is 0 Å². The molecule has 0 saturated carbocycles. The number of fused-ring (bicyclic) bond motifs is 1. The van der Waals surface area contributed by atoms with E-state index in [1.54, 1.807) is 20.1 Å². The van der Waals surface area contributed by atoms with E-state index in [9.17, 15) is 5.11 Å². The highest BCUT2D eigenvalue weighted by molar-refractivity contribution is 5.88. The molecule has 2 rings (SSSR count). The second-order valence-electron chi connectivity index (χ2n) is 4.39. The zero-order valence-corrected chi connectivity index (χ0v) is 10.6. The molecule has 0 aliphatic carbocycles. The zero-order chi connectivity index (χ0) is 13.2. The van der Waals surface area contributed by atoms with Gasteiger partial charge in [0, 0.05) is 0 Å². The topological polar surface area (TPSA) is 29.5 Å². The average Bonchev–Trinajstić information content (AvgIpc) is 2.37. The van der Waals surface area contributed by atoms with Gasteiger partial charge in [-0.05, 0) is 41.5 Å². The summed E-state index contributed by atoms with van der Waals surface area (Å²) in [6.45, 7) is 5.24. The molecule has 2 nitrogen and oxygen atoms in total. The average molecular weight is 240 g/mol. The fourth-order valence-electron chi connectivity index (χ4n) is 2.11. The van der Waals surface area contributed by atoms with Gasteiger partial charge in [-0.3, -0.25) is 0 Å². The summed E-state index contributed by atoms with van der Waals surface area (Å²) in [5.74, 6) is 0.804. The molecule has 0 aliphatic rings. The largest absolute Gasteiger partial charge is 0.497 e. The van der Waals surface area contributed by atoms with Crippen LogP contribution < -0.4 is 4.74 Å². The maximum atomic E-state index is 10.4. The lowest BCUT2D eigenvalue weighted by molar-refractivity contribution is 0.113. The molecule has 0 bridgehead atoms. The Morgan fingerprint density at radius 1 is 1.33 bits per heavy atom. The van der Waals surface area contributed by atoms with E-state index in [-0.39, 0.29) is 0 Å². The van der Waals surface area contributed by atoms with Crippen LogP contribution in [0.3, 0.4) is 0 Å². The Bertz CT molecular complexity index is 620. The number of ether oxygens (including phenoxy) is 1. The first-order valence-corrected chi connectivity index (χ1v) is 5.75. The Hall–Kier alpha value is -2.02. The van der Waals surface area contributed by atoms with Crippen LogP contribution in [0.4, 0.5) is 0 Å². The monoisotopic (exact) mass is 240 g/mol. The minimum Gasteiger partial charge on any atom is -0.497 e. The van der Waals surface area contributed by atoms with Gasteiger partial charge >= 0.3 is 0 Å². The smallest absolute Gasteiger partial charge is 0.119 e. The highest BCUT2D eigenvalue weighted by Gasteiger charge is 2.21. The van der Waals surface area contributed by atoms with Gasteiger partial charge in [0.1, 0.15) is 11.4 Å². The quantitative estimate of drug-likeness (QED) is 0.833. The van der Waals surface area contributed by atoms with E-state index < -0.39 is 5.60 Å². The van der Waals surface area contributed by atoms with Gasteiger partial charge in [-0.1, -0.05) is 30.8 Å². The summed E-state index contributed by atoms with van der Waals surface area (Å²) in [4.78, 5) is 0. The molecule has 2 aromatic rings. The molecule has 0 radical (unpaired) electrons. The molecule has 1 atom stereocenters. The molecular formula is C16H16O2. The van der Waals surface area contributed by atoms with Crippen LogP contribution in [-0.2, 0) is 5.60 Å². The van der Waals surface area contributed by atoms with E-state index >= 15 is 0 Å². The zero-order valence-electron chi connectivity index (χ0n) is 10.6. The maximum absolute atomic E-state index is 10.4. The summed E-state index contributed by atoms with van der Waals surface area (Å²) in [6, 6.07) is 11.6. The Kier molecular flexibility index (Phi) is 3.24. The second-order valence-corrected chi connectivity index (χ2v) is 4.39. The number of benzene rings is 2. The SMILES string of the molecule is C=C=CC(C)(O)c1cccc2cc(OC)ccc12. The van der Waals surface area contributed by atoms with Crippen LogP contribution in [0, 0.1) is 0 Å². The van der Waals surface area contributed by atoms with Crippen molar-refractivity contribution < 1.29 is 9.84 Å². The molecule has 1 N–H and O–H groups in total. The van der Waals surface area contributed by atoms with Gasteiger partial charge in [-0.2, -0.15) is 0 Å². The lowest BCUT2D eigenvalue weighted by Gasteiger charge is -2.21. The summed E-state index contributed by atoms with van der Waals surface area (Å²) in [5.41, 5.74) is 2.40. The molecule has 18 heavy (non-hydrogen) atoms. The molecule has 0 amide bonds. The Labute approximate surface area is 107 Å². The predicted octanol–water partition coefficient (Wildman–Crippen LogP) is 3.40. The van der Waals surface area contributed by atoms with Crippen molar-refractivity contribution in [2.24, 2.45) is 0 Å². The fourth-order valence-corrected chi connectivity index (χ4v) is 2.11. The van der Waals surface area contributed by atoms with Gasteiger partial charge in [-0.15, -0.1) is 5.73 Å². The first kappa shape index (κ1) is 12.4. The number of hydrogen-bond donors (Lipinski definition) is 1. The molecule has 0 heterocycles. The van der Waals surface area contributed by atoms with Crippen LogP contribution in [0.5, 0.6) is 5.75 Å². The lowest BCUT2D eigenvalue weighted by Crippen LogP contribution is -2.17. The number of methoxy groups -OCH3 is 1. The van der Waals surface area contributed by atoms with Crippen LogP contribution in [0.15, 0.2) is 54.8 Å². The normalized spacial score (nSPS) is 13.7. The third-order valence-electron chi connectivity index (χ3n) is 3.02. The van der Waals surface area contributed by atoms with Crippen molar-refractivity contribution in [1.29, 1.82) is 0 Å². The van der Waals surface area contributed by atoms with Gasteiger partial charge in [0.05, 0.1) is 7.11 Å². The van der Waals surface area contributed by atoms with Crippen molar-refractivity contribution in [3.05, 3.63) is 60.3 Å². The molecule has 1 unspecified atom stereocenters. The summed E-state index contributed by atoms with van der Waals surface area (Å²) < 4.78 is 5.20. The Morgan fingerprint density at radius 2 is 2.11 bits per heavy atom. The summed E-state index contributed by atoms with van der Waals surface area (Å²) in [6.07, 6.45) is 1.56. The standard InChI is InChI=1S/C16H16O2/c1-4-10-16(2,17)15-7-5-6-12-11-13(18-3)8-9-14(12)15/h5-11,17H,1H2,2-3H3. The third kappa shape index (κ3) is 2.17. The summed E-state index contributed by atoms with van der Waals surface area (Å²) >= 11 is 0. The number of hydrogen-bond acceptors (Lipinski definition) is 2. The lowest BCUT2D eigenvalue weighted by atomic mass is 9.91. The third-order valence-corrected chi connectivity index (χ3v) is 3.02. The van der Waals surface area contributed by atoms with E-state index in [1.807, 2.05) is 36.4 Å². The molecular weight excluding hydrogens is 224 g/mol. The fraction of sp³-hybridized carbons (Fsp3) is 0.188. The summed E-state index contributed by atoms with van der Waals surface area (Å²) in [7, 11) is 1.64. The van der Waals surface area contributed by atoms with Crippen LogP contribution in [0.1, 0.15) is 12.5 Å². The Balaban J connectivity index is 2.69. The molecule has 0 fully saturated rings. The van der Waals surface area contributed by atoms with Crippen molar-refractivity contribution in [3.8, 4) is 5.75 Å². The van der Waals surface area contributed by atoms with E-state index in [4.69, 9.17) is 4.74 Å². The van der Waals surface area contributed by atoms with Crippen LogP contribution in [0.25, 0.3) is 10.8 Å².